The lowest BCUT2D eigenvalue weighted by Crippen LogP contribution is -1.97. The Kier molecular flexibility index (Phi) is 46.7. The molecule has 0 spiro atoms. The molecule has 9 heavy (non-hydrogen) atoms. The van der Waals surface area contributed by atoms with Crippen molar-refractivity contribution in [2.45, 2.75) is 13.8 Å². The molecule has 56 valence electrons. The van der Waals surface area contributed by atoms with E-state index in [4.69, 9.17) is 0 Å². The van der Waals surface area contributed by atoms with Gasteiger partial charge in [0.15, 0.2) is 0 Å². The van der Waals surface area contributed by atoms with Gasteiger partial charge in [-0.3, -0.25) is 0 Å². The standard InChI is InChI=1S/C4H9N.C2H6.C2H4/c1-4-5(2)3;2*1-2/h4H,1H2,2-3H3;1-2H3;1-2H2. The average molecular weight is 129 g/mol. The Bertz CT molecular complexity index is 39.8. The lowest BCUT2D eigenvalue weighted by atomic mass is 10.9. The van der Waals surface area contributed by atoms with Crippen LogP contribution in [-0.4, -0.2) is 19.0 Å². The van der Waals surface area contributed by atoms with E-state index in [1.54, 1.807) is 6.20 Å². The third-order valence-electron chi connectivity index (χ3n) is 0.365. The van der Waals surface area contributed by atoms with E-state index in [2.05, 4.69) is 19.7 Å². The van der Waals surface area contributed by atoms with Gasteiger partial charge in [-0.1, -0.05) is 20.4 Å². The van der Waals surface area contributed by atoms with Crippen LogP contribution < -0.4 is 0 Å². The van der Waals surface area contributed by atoms with Crippen LogP contribution in [0, 0.1) is 0 Å². The van der Waals surface area contributed by atoms with Gasteiger partial charge in [-0.2, -0.15) is 0 Å². The molecule has 0 saturated carbocycles. The average Bonchev–Trinajstić information content (AvgIpc) is 1.97. The second-order valence-corrected chi connectivity index (χ2v) is 1.15. The van der Waals surface area contributed by atoms with Gasteiger partial charge < -0.3 is 4.90 Å². The Balaban J connectivity index is -0.0000000771. The van der Waals surface area contributed by atoms with E-state index >= 15 is 0 Å². The van der Waals surface area contributed by atoms with Crippen molar-refractivity contribution >= 4 is 0 Å². The molecule has 0 amide bonds. The molecule has 0 saturated heterocycles. The molecule has 0 fully saturated rings. The molecule has 0 aromatic rings. The molecule has 0 aromatic heterocycles. The van der Waals surface area contributed by atoms with E-state index in [0.717, 1.165) is 0 Å². The van der Waals surface area contributed by atoms with Crippen LogP contribution in [-0.2, 0) is 0 Å². The van der Waals surface area contributed by atoms with E-state index < -0.39 is 0 Å². The van der Waals surface area contributed by atoms with Crippen LogP contribution in [0.4, 0.5) is 0 Å². The Morgan fingerprint density at radius 1 is 1.11 bits per heavy atom. The molecule has 0 aromatic carbocycles. The van der Waals surface area contributed by atoms with Crippen molar-refractivity contribution < 1.29 is 0 Å². The molecule has 0 unspecified atom stereocenters. The van der Waals surface area contributed by atoms with Crippen LogP contribution >= 0.6 is 0 Å². The zero-order chi connectivity index (χ0) is 8.28. The van der Waals surface area contributed by atoms with Gasteiger partial charge in [0.2, 0.25) is 0 Å². The molecule has 0 atom stereocenters. The minimum absolute atomic E-state index is 1.75. The summed E-state index contributed by atoms with van der Waals surface area (Å²) >= 11 is 0. The minimum Gasteiger partial charge on any atom is -0.384 e. The van der Waals surface area contributed by atoms with Crippen LogP contribution in [0.2, 0.25) is 0 Å². The zero-order valence-corrected chi connectivity index (χ0v) is 7.15. The summed E-state index contributed by atoms with van der Waals surface area (Å²) in [7, 11) is 3.88. The highest BCUT2D eigenvalue weighted by molar-refractivity contribution is 4.59. The number of hydrogen-bond donors (Lipinski definition) is 0. The van der Waals surface area contributed by atoms with E-state index in [1.807, 2.05) is 32.8 Å². The van der Waals surface area contributed by atoms with Crippen LogP contribution in [0.3, 0.4) is 0 Å². The summed E-state index contributed by atoms with van der Waals surface area (Å²) in [5.74, 6) is 0. The first-order valence-corrected chi connectivity index (χ1v) is 3.06. The van der Waals surface area contributed by atoms with Gasteiger partial charge in [0.05, 0.1) is 0 Å². The van der Waals surface area contributed by atoms with Gasteiger partial charge >= 0.3 is 0 Å². The Hall–Kier alpha value is -0.720. The maximum atomic E-state index is 3.49. The summed E-state index contributed by atoms with van der Waals surface area (Å²) in [6, 6.07) is 0. The van der Waals surface area contributed by atoms with Crippen molar-refractivity contribution in [3.63, 3.8) is 0 Å². The summed E-state index contributed by atoms with van der Waals surface area (Å²) < 4.78 is 0. The molecule has 0 heterocycles. The first-order valence-electron chi connectivity index (χ1n) is 3.06. The second-order valence-electron chi connectivity index (χ2n) is 1.15. The predicted molar refractivity (Wildman–Crippen MR) is 46.5 cm³/mol. The van der Waals surface area contributed by atoms with E-state index in [-0.39, 0.29) is 0 Å². The number of nitrogens with zero attached hydrogens (tertiary/aromatic N) is 1. The Morgan fingerprint density at radius 2 is 1.22 bits per heavy atom. The summed E-state index contributed by atoms with van der Waals surface area (Å²) in [4.78, 5) is 1.89. The van der Waals surface area contributed by atoms with E-state index in [9.17, 15) is 0 Å². The molecule has 1 heteroatoms. The van der Waals surface area contributed by atoms with Crippen molar-refractivity contribution in [3.8, 4) is 0 Å². The molecule has 0 bridgehead atoms. The molecule has 0 aliphatic carbocycles. The maximum absolute atomic E-state index is 3.49. The predicted octanol–water partition coefficient (Wildman–Crippen LogP) is 2.52. The summed E-state index contributed by atoms with van der Waals surface area (Å²) in [5.41, 5.74) is 0. The molecular weight excluding hydrogens is 110 g/mol. The topological polar surface area (TPSA) is 3.24 Å². The van der Waals surface area contributed by atoms with Crippen molar-refractivity contribution in [2.75, 3.05) is 14.1 Å². The van der Waals surface area contributed by atoms with Gasteiger partial charge in [0.25, 0.3) is 0 Å². The van der Waals surface area contributed by atoms with Crippen molar-refractivity contribution in [1.29, 1.82) is 0 Å². The van der Waals surface area contributed by atoms with Gasteiger partial charge in [-0.05, 0) is 6.20 Å². The van der Waals surface area contributed by atoms with E-state index in [1.165, 1.54) is 0 Å². The lowest BCUT2D eigenvalue weighted by Gasteiger charge is -1.98. The van der Waals surface area contributed by atoms with Crippen LogP contribution in [0.15, 0.2) is 25.9 Å². The fourth-order valence-electron chi connectivity index (χ4n) is 0. The molecule has 0 N–H and O–H groups in total. The van der Waals surface area contributed by atoms with Gasteiger partial charge in [0, 0.05) is 14.1 Å². The smallest absolute Gasteiger partial charge is 0.00554 e. The third kappa shape index (κ3) is 124. The first-order chi connectivity index (χ1) is 4.27. The number of rotatable bonds is 1. The minimum atomic E-state index is 1.75. The highest BCUT2D eigenvalue weighted by Gasteiger charge is 1.62. The van der Waals surface area contributed by atoms with Gasteiger partial charge in [-0.25, -0.2) is 0 Å². The van der Waals surface area contributed by atoms with Crippen molar-refractivity contribution in [2.24, 2.45) is 0 Å². The lowest BCUT2D eigenvalue weighted by molar-refractivity contribution is 0.566. The summed E-state index contributed by atoms with van der Waals surface area (Å²) in [5, 5.41) is 0. The monoisotopic (exact) mass is 129 g/mol. The van der Waals surface area contributed by atoms with Crippen molar-refractivity contribution in [3.05, 3.63) is 25.9 Å². The molecule has 1 nitrogen and oxygen atoms in total. The maximum Gasteiger partial charge on any atom is 0.00554 e. The largest absolute Gasteiger partial charge is 0.384 e. The van der Waals surface area contributed by atoms with Crippen LogP contribution in [0.25, 0.3) is 0 Å². The zero-order valence-electron chi connectivity index (χ0n) is 7.15. The number of hydrogen-bond acceptors (Lipinski definition) is 1. The molecule has 0 aliphatic heterocycles. The van der Waals surface area contributed by atoms with Gasteiger partial charge in [0.1, 0.15) is 0 Å². The quantitative estimate of drug-likeness (QED) is 0.492. The Morgan fingerprint density at radius 3 is 1.22 bits per heavy atom. The third-order valence-corrected chi connectivity index (χ3v) is 0.365. The normalized spacial score (nSPS) is 4.89. The molecular formula is C8H19N. The van der Waals surface area contributed by atoms with Crippen LogP contribution in [0.5, 0.6) is 0 Å². The molecule has 0 rings (SSSR count). The van der Waals surface area contributed by atoms with Gasteiger partial charge in [-0.15, -0.1) is 13.2 Å². The fraction of sp³-hybridized carbons (Fsp3) is 0.500. The molecule has 0 aliphatic rings. The fourth-order valence-corrected chi connectivity index (χ4v) is 0. The summed E-state index contributed by atoms with van der Waals surface area (Å²) in [6.45, 7) is 13.5. The van der Waals surface area contributed by atoms with Crippen LogP contribution in [0.1, 0.15) is 13.8 Å². The Labute approximate surface area is 59.7 Å². The van der Waals surface area contributed by atoms with E-state index in [0.29, 0.717) is 0 Å². The SMILES string of the molecule is C=C.C=CN(C)C.CC. The second kappa shape index (κ2) is 26.7. The van der Waals surface area contributed by atoms with Crippen molar-refractivity contribution in [1.82, 2.24) is 4.90 Å². The highest BCUT2D eigenvalue weighted by Crippen LogP contribution is 1.64. The summed E-state index contributed by atoms with van der Waals surface area (Å²) in [6.07, 6.45) is 1.75. The first kappa shape index (κ1) is 15.7. The molecule has 0 radical (unpaired) electrons. The highest BCUT2D eigenvalue weighted by atomic mass is 15.0.